The molecule has 0 saturated carbocycles. The van der Waals surface area contributed by atoms with Crippen molar-refractivity contribution in [3.05, 3.63) is 47.3 Å². The van der Waals surface area contributed by atoms with Gasteiger partial charge in [-0.2, -0.15) is 0 Å². The second-order valence-corrected chi connectivity index (χ2v) is 4.14. The lowest BCUT2D eigenvalue weighted by Crippen LogP contribution is -2.12. The SMILES string of the molecule is CC\C=C/C(=C\C=C\C1=C(C(=O)O)C(C)OC1)OC. The molecule has 104 valence electrons. The second kappa shape index (κ2) is 7.59. The number of rotatable bonds is 6. The third-order valence-corrected chi connectivity index (χ3v) is 2.78. The lowest BCUT2D eigenvalue weighted by molar-refractivity contribution is -0.133. The Morgan fingerprint density at radius 3 is 2.89 bits per heavy atom. The molecule has 0 aromatic heterocycles. The summed E-state index contributed by atoms with van der Waals surface area (Å²) in [6, 6.07) is 0. The van der Waals surface area contributed by atoms with Crippen molar-refractivity contribution in [3.8, 4) is 0 Å². The molecule has 1 unspecified atom stereocenters. The predicted molar refractivity (Wildman–Crippen MR) is 73.7 cm³/mol. The summed E-state index contributed by atoms with van der Waals surface area (Å²) in [7, 11) is 1.60. The largest absolute Gasteiger partial charge is 0.497 e. The molecule has 0 radical (unpaired) electrons. The summed E-state index contributed by atoms with van der Waals surface area (Å²) in [5.74, 6) is -0.200. The van der Waals surface area contributed by atoms with Crippen LogP contribution in [0, 0.1) is 0 Å². The van der Waals surface area contributed by atoms with Gasteiger partial charge in [-0.25, -0.2) is 4.79 Å². The first kappa shape index (κ1) is 15.2. The Balaban J connectivity index is 2.83. The topological polar surface area (TPSA) is 55.8 Å². The Morgan fingerprint density at radius 1 is 1.58 bits per heavy atom. The summed E-state index contributed by atoms with van der Waals surface area (Å²) in [6.07, 6.45) is 9.77. The zero-order valence-electron chi connectivity index (χ0n) is 11.6. The van der Waals surface area contributed by atoms with Crippen LogP contribution in [0.25, 0.3) is 0 Å². The normalized spacial score (nSPS) is 20.8. The Hall–Kier alpha value is -1.81. The highest BCUT2D eigenvalue weighted by atomic mass is 16.5. The molecule has 0 fully saturated rings. The van der Waals surface area contributed by atoms with Gasteiger partial charge in [0.2, 0.25) is 0 Å². The van der Waals surface area contributed by atoms with E-state index in [-0.39, 0.29) is 6.10 Å². The number of hydrogen-bond acceptors (Lipinski definition) is 3. The van der Waals surface area contributed by atoms with E-state index in [1.165, 1.54) is 0 Å². The molecular weight excluding hydrogens is 244 g/mol. The molecule has 1 aliphatic rings. The van der Waals surface area contributed by atoms with E-state index in [0.29, 0.717) is 17.8 Å². The summed E-state index contributed by atoms with van der Waals surface area (Å²) in [6.45, 7) is 4.12. The first-order chi connectivity index (χ1) is 9.10. The highest BCUT2D eigenvalue weighted by Crippen LogP contribution is 2.22. The molecule has 0 saturated heterocycles. The van der Waals surface area contributed by atoms with Gasteiger partial charge in [-0.05, 0) is 31.1 Å². The minimum Gasteiger partial charge on any atom is -0.497 e. The minimum absolute atomic E-state index is 0.327. The lowest BCUT2D eigenvalue weighted by Gasteiger charge is -2.02. The molecule has 0 aromatic carbocycles. The third kappa shape index (κ3) is 4.41. The molecule has 0 bridgehead atoms. The fourth-order valence-corrected chi connectivity index (χ4v) is 1.77. The number of methoxy groups -OCH3 is 1. The van der Waals surface area contributed by atoms with Gasteiger partial charge in [0, 0.05) is 0 Å². The van der Waals surface area contributed by atoms with Gasteiger partial charge in [-0.3, -0.25) is 0 Å². The van der Waals surface area contributed by atoms with Gasteiger partial charge >= 0.3 is 5.97 Å². The molecule has 1 N–H and O–H groups in total. The number of carboxylic acids is 1. The van der Waals surface area contributed by atoms with Gasteiger partial charge in [0.05, 0.1) is 25.4 Å². The van der Waals surface area contributed by atoms with Crippen LogP contribution in [-0.4, -0.2) is 30.9 Å². The number of carbonyl (C=O) groups is 1. The molecule has 1 aliphatic heterocycles. The summed E-state index contributed by atoms with van der Waals surface area (Å²) in [5.41, 5.74) is 1.03. The van der Waals surface area contributed by atoms with Gasteiger partial charge < -0.3 is 14.6 Å². The van der Waals surface area contributed by atoms with Crippen LogP contribution in [0.5, 0.6) is 0 Å². The van der Waals surface area contributed by atoms with Gasteiger partial charge in [0.1, 0.15) is 5.76 Å². The van der Waals surface area contributed by atoms with Gasteiger partial charge in [-0.1, -0.05) is 25.2 Å². The monoisotopic (exact) mass is 264 g/mol. The van der Waals surface area contributed by atoms with Crippen LogP contribution >= 0.6 is 0 Å². The molecule has 0 amide bonds. The van der Waals surface area contributed by atoms with Crippen LogP contribution < -0.4 is 0 Å². The first-order valence-corrected chi connectivity index (χ1v) is 6.27. The molecule has 4 nitrogen and oxygen atoms in total. The maximum Gasteiger partial charge on any atom is 0.334 e. The van der Waals surface area contributed by atoms with E-state index in [4.69, 9.17) is 14.6 Å². The van der Waals surface area contributed by atoms with Crippen molar-refractivity contribution in [3.63, 3.8) is 0 Å². The van der Waals surface area contributed by atoms with E-state index in [1.807, 2.05) is 19.1 Å². The maximum absolute atomic E-state index is 11.1. The molecule has 4 heteroatoms. The van der Waals surface area contributed by atoms with Crippen molar-refractivity contribution in [1.82, 2.24) is 0 Å². The van der Waals surface area contributed by atoms with Gasteiger partial charge in [0.25, 0.3) is 0 Å². The first-order valence-electron chi connectivity index (χ1n) is 6.27. The Bertz CT molecular complexity index is 441. The number of allylic oxidation sites excluding steroid dienone is 4. The van der Waals surface area contributed by atoms with Crippen molar-refractivity contribution in [1.29, 1.82) is 0 Å². The second-order valence-electron chi connectivity index (χ2n) is 4.14. The number of ether oxygens (including phenoxy) is 2. The Kier molecular flexibility index (Phi) is 6.09. The summed E-state index contributed by atoms with van der Waals surface area (Å²) >= 11 is 0. The van der Waals surface area contributed by atoms with Crippen LogP contribution in [-0.2, 0) is 14.3 Å². The molecule has 0 aromatic rings. The molecule has 0 spiro atoms. The predicted octanol–water partition coefficient (Wildman–Crippen LogP) is 2.84. The van der Waals surface area contributed by atoms with Crippen molar-refractivity contribution in [2.75, 3.05) is 13.7 Å². The van der Waals surface area contributed by atoms with Crippen molar-refractivity contribution < 1.29 is 19.4 Å². The van der Waals surface area contributed by atoms with Crippen molar-refractivity contribution >= 4 is 5.97 Å². The molecule has 1 heterocycles. The van der Waals surface area contributed by atoms with Gasteiger partial charge in [0.15, 0.2) is 0 Å². The molecular formula is C15H20O4. The van der Waals surface area contributed by atoms with E-state index < -0.39 is 5.97 Å². The average Bonchev–Trinajstić information content (AvgIpc) is 2.75. The van der Waals surface area contributed by atoms with E-state index in [9.17, 15) is 4.79 Å². The molecule has 1 atom stereocenters. The zero-order valence-corrected chi connectivity index (χ0v) is 11.6. The highest BCUT2D eigenvalue weighted by Gasteiger charge is 2.26. The Morgan fingerprint density at radius 2 is 2.32 bits per heavy atom. The average molecular weight is 264 g/mol. The fraction of sp³-hybridized carbons (Fsp3) is 0.400. The summed E-state index contributed by atoms with van der Waals surface area (Å²) < 4.78 is 10.5. The summed E-state index contributed by atoms with van der Waals surface area (Å²) in [4.78, 5) is 11.1. The van der Waals surface area contributed by atoms with Crippen LogP contribution in [0.1, 0.15) is 20.3 Å². The van der Waals surface area contributed by atoms with Gasteiger partial charge in [-0.15, -0.1) is 0 Å². The van der Waals surface area contributed by atoms with Crippen LogP contribution in [0.3, 0.4) is 0 Å². The van der Waals surface area contributed by atoms with E-state index in [2.05, 4.69) is 0 Å². The summed E-state index contributed by atoms with van der Waals surface area (Å²) in [5, 5.41) is 9.10. The Labute approximate surface area is 113 Å². The van der Waals surface area contributed by atoms with Crippen LogP contribution in [0.15, 0.2) is 47.3 Å². The van der Waals surface area contributed by atoms with E-state index in [1.54, 1.807) is 32.3 Å². The molecule has 1 rings (SSSR count). The van der Waals surface area contributed by atoms with E-state index >= 15 is 0 Å². The third-order valence-electron chi connectivity index (χ3n) is 2.78. The minimum atomic E-state index is -0.925. The smallest absolute Gasteiger partial charge is 0.334 e. The quantitative estimate of drug-likeness (QED) is 0.592. The number of carboxylic acid groups (broad SMARTS) is 1. The number of hydrogen-bond donors (Lipinski definition) is 1. The van der Waals surface area contributed by atoms with E-state index in [0.717, 1.165) is 12.2 Å². The molecule has 0 aliphatic carbocycles. The van der Waals surface area contributed by atoms with Crippen LogP contribution in [0.2, 0.25) is 0 Å². The highest BCUT2D eigenvalue weighted by molar-refractivity contribution is 5.90. The zero-order chi connectivity index (χ0) is 14.3. The maximum atomic E-state index is 11.1. The molecule has 19 heavy (non-hydrogen) atoms. The standard InChI is InChI=1S/C15H20O4/c1-4-5-8-13(18-3)9-6-7-12-10-19-11(2)14(12)15(16)17/h5-9,11H,4,10H2,1-3H3,(H,16,17)/b7-6+,8-5-,13-9+. The lowest BCUT2D eigenvalue weighted by atomic mass is 10.1. The van der Waals surface area contributed by atoms with Crippen molar-refractivity contribution in [2.45, 2.75) is 26.4 Å². The number of aliphatic carboxylic acids is 1. The fourth-order valence-electron chi connectivity index (χ4n) is 1.77. The van der Waals surface area contributed by atoms with Crippen molar-refractivity contribution in [2.24, 2.45) is 0 Å². The van der Waals surface area contributed by atoms with Crippen LogP contribution in [0.4, 0.5) is 0 Å².